The second kappa shape index (κ2) is 7.33. The number of rotatable bonds is 6. The number of hydrogen-bond donors (Lipinski definition) is 2. The van der Waals surface area contributed by atoms with Crippen molar-refractivity contribution in [2.24, 2.45) is 0 Å². The molecule has 0 aliphatic carbocycles. The van der Waals surface area contributed by atoms with Crippen LogP contribution in [0.1, 0.15) is 36.2 Å². The Morgan fingerprint density at radius 2 is 1.88 bits per heavy atom. The molecule has 0 saturated carbocycles. The van der Waals surface area contributed by atoms with E-state index in [0.29, 0.717) is 12.0 Å². The maximum Gasteiger partial charge on any atom is 0.337 e. The number of hydrogen-bond acceptors (Lipinski definition) is 5. The average Bonchev–Trinajstić information content (AvgIpc) is 2.83. The molecule has 1 aromatic carbocycles. The molecule has 0 radical (unpaired) electrons. The number of ether oxygens (including phenoxy) is 1. The quantitative estimate of drug-likeness (QED) is 0.585. The van der Waals surface area contributed by atoms with Gasteiger partial charge in [-0.15, -0.1) is 0 Å². The molecule has 0 bridgehead atoms. The highest BCUT2D eigenvalue weighted by Crippen LogP contribution is 2.20. The highest BCUT2D eigenvalue weighted by Gasteiger charge is 2.46. The number of nitrogens with one attached hydrogen (secondary N) is 2. The van der Waals surface area contributed by atoms with E-state index in [1.54, 1.807) is 38.1 Å². The minimum atomic E-state index is -0.957. The zero-order valence-electron chi connectivity index (χ0n) is 14.4. The molecule has 1 fully saturated rings. The lowest BCUT2D eigenvalue weighted by Gasteiger charge is -2.19. The first kappa shape index (κ1) is 18.4. The fourth-order valence-corrected chi connectivity index (χ4v) is 2.41. The summed E-state index contributed by atoms with van der Waals surface area (Å²) in [6.45, 7) is 3.31. The molecule has 134 valence electrons. The Hall–Kier alpha value is -2.90. The van der Waals surface area contributed by atoms with Crippen LogP contribution in [0, 0.1) is 0 Å². The Labute approximate surface area is 145 Å². The van der Waals surface area contributed by atoms with Crippen LogP contribution in [0.5, 0.6) is 0 Å². The molecule has 1 heterocycles. The third kappa shape index (κ3) is 3.96. The Kier molecular flexibility index (Phi) is 5.41. The van der Waals surface area contributed by atoms with Crippen LogP contribution in [0.25, 0.3) is 0 Å². The van der Waals surface area contributed by atoms with Gasteiger partial charge in [0.15, 0.2) is 0 Å². The topological polar surface area (TPSA) is 105 Å². The maximum absolute atomic E-state index is 12.2. The second-order valence-electron chi connectivity index (χ2n) is 5.97. The van der Waals surface area contributed by atoms with Crippen molar-refractivity contribution < 1.29 is 23.9 Å². The molecule has 0 unspecified atom stereocenters. The predicted molar refractivity (Wildman–Crippen MR) is 88.6 cm³/mol. The standard InChI is InChI=1S/C17H21N3O5/c1-4-17(2)15(23)20(16(24)19-17)10-13(21)18-9-11-5-7-12(8-6-11)14(22)25-3/h5-8H,4,9-10H2,1-3H3,(H,18,21)(H,19,24)/t17-/m0/s1. The molecule has 25 heavy (non-hydrogen) atoms. The van der Waals surface area contributed by atoms with Crippen LogP contribution >= 0.6 is 0 Å². The van der Waals surface area contributed by atoms with Crippen molar-refractivity contribution in [3.8, 4) is 0 Å². The van der Waals surface area contributed by atoms with Crippen LogP contribution in [-0.2, 0) is 20.9 Å². The molecule has 1 aromatic rings. The smallest absolute Gasteiger partial charge is 0.337 e. The summed E-state index contributed by atoms with van der Waals surface area (Å²) in [6.07, 6.45) is 0.447. The normalized spacial score (nSPS) is 19.6. The highest BCUT2D eigenvalue weighted by molar-refractivity contribution is 6.08. The number of carbonyl (C=O) groups excluding carboxylic acids is 4. The molecule has 1 aliphatic rings. The summed E-state index contributed by atoms with van der Waals surface area (Å²) in [6, 6.07) is 6.00. The zero-order valence-corrected chi connectivity index (χ0v) is 14.4. The van der Waals surface area contributed by atoms with Crippen molar-refractivity contribution in [1.29, 1.82) is 0 Å². The number of carbonyl (C=O) groups is 4. The zero-order chi connectivity index (χ0) is 18.6. The number of benzene rings is 1. The van der Waals surface area contributed by atoms with E-state index < -0.39 is 29.4 Å². The Morgan fingerprint density at radius 1 is 1.24 bits per heavy atom. The van der Waals surface area contributed by atoms with E-state index in [9.17, 15) is 19.2 Å². The van der Waals surface area contributed by atoms with E-state index >= 15 is 0 Å². The van der Waals surface area contributed by atoms with E-state index in [4.69, 9.17) is 0 Å². The van der Waals surface area contributed by atoms with Crippen LogP contribution < -0.4 is 10.6 Å². The fourth-order valence-electron chi connectivity index (χ4n) is 2.41. The van der Waals surface area contributed by atoms with Gasteiger partial charge in [-0.3, -0.25) is 14.5 Å². The summed E-state index contributed by atoms with van der Waals surface area (Å²) in [5.41, 5.74) is 0.230. The summed E-state index contributed by atoms with van der Waals surface area (Å²) in [4.78, 5) is 48.4. The number of nitrogens with zero attached hydrogens (tertiary/aromatic N) is 1. The minimum Gasteiger partial charge on any atom is -0.465 e. The monoisotopic (exact) mass is 347 g/mol. The first-order chi connectivity index (χ1) is 11.8. The molecule has 1 aliphatic heterocycles. The summed E-state index contributed by atoms with van der Waals surface area (Å²) in [7, 11) is 1.30. The first-order valence-electron chi connectivity index (χ1n) is 7.88. The van der Waals surface area contributed by atoms with Gasteiger partial charge < -0.3 is 15.4 Å². The van der Waals surface area contributed by atoms with E-state index in [2.05, 4.69) is 15.4 Å². The van der Waals surface area contributed by atoms with Gasteiger partial charge in [0, 0.05) is 6.54 Å². The van der Waals surface area contributed by atoms with E-state index in [0.717, 1.165) is 10.5 Å². The summed E-state index contributed by atoms with van der Waals surface area (Å²) >= 11 is 0. The van der Waals surface area contributed by atoms with Crippen LogP contribution in [0.3, 0.4) is 0 Å². The third-order valence-electron chi connectivity index (χ3n) is 4.22. The van der Waals surface area contributed by atoms with Gasteiger partial charge in [0.25, 0.3) is 5.91 Å². The predicted octanol–water partition coefficient (Wildman–Crippen LogP) is 0.810. The highest BCUT2D eigenvalue weighted by atomic mass is 16.5. The van der Waals surface area contributed by atoms with Gasteiger partial charge in [-0.05, 0) is 31.0 Å². The van der Waals surface area contributed by atoms with E-state index in [1.807, 2.05) is 0 Å². The van der Waals surface area contributed by atoms with Crippen molar-refractivity contribution in [1.82, 2.24) is 15.5 Å². The van der Waals surface area contributed by atoms with Gasteiger partial charge in [0.1, 0.15) is 12.1 Å². The maximum atomic E-state index is 12.2. The van der Waals surface area contributed by atoms with Crippen molar-refractivity contribution >= 4 is 23.8 Å². The molecule has 4 amide bonds. The van der Waals surface area contributed by atoms with E-state index in [-0.39, 0.29) is 13.1 Å². The summed E-state index contributed by atoms with van der Waals surface area (Å²) in [5, 5.41) is 5.24. The lowest BCUT2D eigenvalue weighted by atomic mass is 9.99. The largest absolute Gasteiger partial charge is 0.465 e. The minimum absolute atomic E-state index is 0.217. The number of esters is 1. The molecule has 0 spiro atoms. The number of amides is 4. The molecule has 1 atom stereocenters. The average molecular weight is 347 g/mol. The molecule has 2 rings (SSSR count). The van der Waals surface area contributed by atoms with Crippen LogP contribution in [0.15, 0.2) is 24.3 Å². The lowest BCUT2D eigenvalue weighted by molar-refractivity contribution is -0.134. The first-order valence-corrected chi connectivity index (χ1v) is 7.88. The van der Waals surface area contributed by atoms with Gasteiger partial charge in [0.2, 0.25) is 5.91 Å². The summed E-state index contributed by atoms with van der Waals surface area (Å²) in [5.74, 6) is -1.29. The summed E-state index contributed by atoms with van der Waals surface area (Å²) < 4.78 is 4.61. The molecular formula is C17H21N3O5. The molecule has 0 aromatic heterocycles. The van der Waals surface area contributed by atoms with Crippen molar-refractivity contribution in [3.63, 3.8) is 0 Å². The fraction of sp³-hybridized carbons (Fsp3) is 0.412. The van der Waals surface area contributed by atoms with Gasteiger partial charge in [-0.2, -0.15) is 0 Å². The lowest BCUT2D eigenvalue weighted by Crippen LogP contribution is -2.44. The Bertz CT molecular complexity index is 701. The van der Waals surface area contributed by atoms with Crippen molar-refractivity contribution in [2.45, 2.75) is 32.4 Å². The van der Waals surface area contributed by atoms with Crippen LogP contribution in [0.2, 0.25) is 0 Å². The number of methoxy groups -OCH3 is 1. The van der Waals surface area contributed by atoms with Crippen LogP contribution in [0.4, 0.5) is 4.79 Å². The molecule has 8 nitrogen and oxygen atoms in total. The second-order valence-corrected chi connectivity index (χ2v) is 5.97. The van der Waals surface area contributed by atoms with Gasteiger partial charge in [-0.25, -0.2) is 9.59 Å². The Balaban J connectivity index is 1.90. The van der Waals surface area contributed by atoms with Gasteiger partial charge in [-0.1, -0.05) is 19.1 Å². The molecule has 8 heteroatoms. The number of imide groups is 1. The molecule has 1 saturated heterocycles. The molecular weight excluding hydrogens is 326 g/mol. The third-order valence-corrected chi connectivity index (χ3v) is 4.22. The van der Waals surface area contributed by atoms with Gasteiger partial charge >= 0.3 is 12.0 Å². The van der Waals surface area contributed by atoms with E-state index in [1.165, 1.54) is 7.11 Å². The van der Waals surface area contributed by atoms with Gasteiger partial charge in [0.05, 0.1) is 12.7 Å². The van der Waals surface area contributed by atoms with Crippen molar-refractivity contribution in [2.75, 3.05) is 13.7 Å². The SMILES string of the molecule is CC[C@]1(C)NC(=O)N(CC(=O)NCc2ccc(C(=O)OC)cc2)C1=O. The van der Waals surface area contributed by atoms with Crippen molar-refractivity contribution in [3.05, 3.63) is 35.4 Å². The number of urea groups is 1. The van der Waals surface area contributed by atoms with Crippen LogP contribution in [-0.4, -0.2) is 47.9 Å². The molecule has 2 N–H and O–H groups in total. The Morgan fingerprint density at radius 3 is 2.40 bits per heavy atom.